The van der Waals surface area contributed by atoms with E-state index < -0.39 is 10.0 Å². The van der Waals surface area contributed by atoms with Gasteiger partial charge in [-0.25, -0.2) is 8.42 Å². The van der Waals surface area contributed by atoms with Crippen LogP contribution in [0.3, 0.4) is 0 Å². The summed E-state index contributed by atoms with van der Waals surface area (Å²) in [6, 6.07) is 4.91. The van der Waals surface area contributed by atoms with Crippen LogP contribution in [0.2, 0.25) is 5.02 Å². The third-order valence-electron chi connectivity index (χ3n) is 4.18. The van der Waals surface area contributed by atoms with Crippen molar-refractivity contribution in [2.75, 3.05) is 20.1 Å². The summed E-state index contributed by atoms with van der Waals surface area (Å²) in [6.07, 6.45) is 1.63. The van der Waals surface area contributed by atoms with Crippen LogP contribution < -0.4 is 5.32 Å². The summed E-state index contributed by atoms with van der Waals surface area (Å²) < 4.78 is 26.9. The van der Waals surface area contributed by atoms with E-state index >= 15 is 0 Å². The average Bonchev–Trinajstić information content (AvgIpc) is 2.39. The van der Waals surface area contributed by atoms with Crippen LogP contribution in [0.4, 0.5) is 0 Å². The second-order valence-electron chi connectivity index (χ2n) is 5.62. The third-order valence-corrected chi connectivity index (χ3v) is 6.48. The quantitative estimate of drug-likeness (QED) is 0.931. The number of sulfonamides is 1. The molecular weight excluding hydrogens is 296 g/mol. The molecule has 1 aromatic rings. The summed E-state index contributed by atoms with van der Waals surface area (Å²) in [5.74, 6) is 0. The molecule has 6 heteroatoms. The number of hydrogen-bond acceptors (Lipinski definition) is 3. The molecule has 1 aliphatic heterocycles. The van der Waals surface area contributed by atoms with Gasteiger partial charge >= 0.3 is 0 Å². The monoisotopic (exact) mass is 316 g/mol. The van der Waals surface area contributed by atoms with Gasteiger partial charge < -0.3 is 5.32 Å². The first-order valence-corrected chi connectivity index (χ1v) is 8.55. The topological polar surface area (TPSA) is 49.4 Å². The Bertz CT molecular complexity index is 593. The maximum absolute atomic E-state index is 12.7. The van der Waals surface area contributed by atoms with E-state index in [0.29, 0.717) is 28.6 Å². The minimum atomic E-state index is -3.42. The Hall–Kier alpha value is -0.620. The van der Waals surface area contributed by atoms with E-state index in [-0.39, 0.29) is 5.54 Å². The lowest BCUT2D eigenvalue weighted by Gasteiger charge is -2.38. The van der Waals surface area contributed by atoms with Crippen molar-refractivity contribution >= 4 is 21.6 Å². The Morgan fingerprint density at radius 3 is 2.40 bits per heavy atom. The molecule has 0 amide bonds. The van der Waals surface area contributed by atoms with Gasteiger partial charge in [0.25, 0.3) is 0 Å². The summed E-state index contributed by atoms with van der Waals surface area (Å²) in [7, 11) is -1.50. The highest BCUT2D eigenvalue weighted by Crippen LogP contribution is 2.28. The number of nitrogens with one attached hydrogen (secondary N) is 1. The van der Waals surface area contributed by atoms with Crippen molar-refractivity contribution in [1.29, 1.82) is 0 Å². The minimum absolute atomic E-state index is 0.0288. The summed E-state index contributed by atoms with van der Waals surface area (Å²) in [5, 5.41) is 3.83. The number of benzene rings is 1. The fraction of sp³-hybridized carbons (Fsp3) is 0.571. The first-order chi connectivity index (χ1) is 9.28. The van der Waals surface area contributed by atoms with Crippen LogP contribution in [0.1, 0.15) is 25.3 Å². The van der Waals surface area contributed by atoms with Gasteiger partial charge in [0.1, 0.15) is 0 Å². The Balaban J connectivity index is 2.24. The SMILES string of the molecule is CNC1(C)CCN(S(=O)(=O)c2ccc(Cl)cc2C)CC1. The maximum Gasteiger partial charge on any atom is 0.243 e. The third kappa shape index (κ3) is 3.01. The molecule has 2 rings (SSSR count). The van der Waals surface area contributed by atoms with Crippen molar-refractivity contribution in [3.8, 4) is 0 Å². The molecule has 112 valence electrons. The van der Waals surface area contributed by atoms with E-state index in [1.807, 2.05) is 7.05 Å². The zero-order valence-electron chi connectivity index (χ0n) is 12.1. The molecule has 1 aromatic carbocycles. The lowest BCUT2D eigenvalue weighted by atomic mass is 9.91. The minimum Gasteiger partial charge on any atom is -0.314 e. The highest BCUT2D eigenvalue weighted by molar-refractivity contribution is 7.89. The van der Waals surface area contributed by atoms with Crippen molar-refractivity contribution in [1.82, 2.24) is 9.62 Å². The summed E-state index contributed by atoms with van der Waals surface area (Å²) in [6.45, 7) is 4.99. The van der Waals surface area contributed by atoms with Gasteiger partial charge in [0.05, 0.1) is 4.90 Å². The highest BCUT2D eigenvalue weighted by atomic mass is 35.5. The Labute approximate surface area is 126 Å². The largest absolute Gasteiger partial charge is 0.314 e. The molecule has 0 bridgehead atoms. The van der Waals surface area contributed by atoms with E-state index in [4.69, 9.17) is 11.6 Å². The molecule has 1 N–H and O–H groups in total. The second kappa shape index (κ2) is 5.64. The molecule has 0 aliphatic carbocycles. The first kappa shape index (κ1) is 15.8. The highest BCUT2D eigenvalue weighted by Gasteiger charge is 2.34. The van der Waals surface area contributed by atoms with E-state index in [9.17, 15) is 8.42 Å². The van der Waals surface area contributed by atoms with Crippen molar-refractivity contribution in [2.45, 2.75) is 37.1 Å². The zero-order valence-corrected chi connectivity index (χ0v) is 13.7. The normalized spacial score (nSPS) is 20.0. The Morgan fingerprint density at radius 2 is 1.90 bits per heavy atom. The van der Waals surface area contributed by atoms with Crippen molar-refractivity contribution < 1.29 is 8.42 Å². The zero-order chi connectivity index (χ0) is 15.0. The molecule has 1 saturated heterocycles. The lowest BCUT2D eigenvalue weighted by Crippen LogP contribution is -2.51. The van der Waals surface area contributed by atoms with E-state index in [2.05, 4.69) is 12.2 Å². The van der Waals surface area contributed by atoms with Crippen LogP contribution in [0.25, 0.3) is 0 Å². The van der Waals surface area contributed by atoms with Crippen molar-refractivity contribution in [3.63, 3.8) is 0 Å². The van der Waals surface area contributed by atoms with Gasteiger partial charge in [-0.15, -0.1) is 0 Å². The molecule has 0 aromatic heterocycles. The summed E-state index contributed by atoms with van der Waals surface area (Å²) >= 11 is 5.89. The average molecular weight is 317 g/mol. The standard InChI is InChI=1S/C14H21ClN2O2S/c1-11-10-12(15)4-5-13(11)20(18,19)17-8-6-14(2,16-3)7-9-17/h4-5,10,16H,6-9H2,1-3H3. The Kier molecular flexibility index (Phi) is 4.44. The molecule has 0 spiro atoms. The van der Waals surface area contributed by atoms with Gasteiger partial charge in [0.15, 0.2) is 0 Å². The van der Waals surface area contributed by atoms with E-state index in [1.165, 1.54) is 0 Å². The number of piperidine rings is 1. The van der Waals surface area contributed by atoms with Crippen molar-refractivity contribution in [3.05, 3.63) is 28.8 Å². The van der Waals surface area contributed by atoms with Crippen LogP contribution in [-0.4, -0.2) is 38.4 Å². The Morgan fingerprint density at radius 1 is 1.30 bits per heavy atom. The summed E-state index contributed by atoms with van der Waals surface area (Å²) in [4.78, 5) is 0.356. The molecule has 1 fully saturated rings. The number of aryl methyl sites for hydroxylation is 1. The number of rotatable bonds is 3. The fourth-order valence-electron chi connectivity index (χ4n) is 2.51. The number of nitrogens with zero attached hydrogens (tertiary/aromatic N) is 1. The van der Waals surface area contributed by atoms with Crippen LogP contribution in [-0.2, 0) is 10.0 Å². The smallest absolute Gasteiger partial charge is 0.243 e. The molecule has 0 radical (unpaired) electrons. The molecule has 0 saturated carbocycles. The van der Waals surface area contributed by atoms with Crippen LogP contribution in [0, 0.1) is 6.92 Å². The second-order valence-corrected chi connectivity index (χ2v) is 7.97. The first-order valence-electron chi connectivity index (χ1n) is 6.74. The van der Waals surface area contributed by atoms with Gasteiger partial charge in [-0.1, -0.05) is 11.6 Å². The molecule has 1 aliphatic rings. The van der Waals surface area contributed by atoms with Gasteiger partial charge in [0.2, 0.25) is 10.0 Å². The molecule has 0 unspecified atom stereocenters. The van der Waals surface area contributed by atoms with E-state index in [0.717, 1.165) is 12.8 Å². The van der Waals surface area contributed by atoms with E-state index in [1.54, 1.807) is 29.4 Å². The number of hydrogen-bond donors (Lipinski definition) is 1. The molecule has 20 heavy (non-hydrogen) atoms. The number of halogens is 1. The van der Waals surface area contributed by atoms with Crippen molar-refractivity contribution in [2.24, 2.45) is 0 Å². The summed E-state index contributed by atoms with van der Waals surface area (Å²) in [5.41, 5.74) is 0.723. The maximum atomic E-state index is 12.7. The van der Waals surface area contributed by atoms with Crippen LogP contribution >= 0.6 is 11.6 Å². The van der Waals surface area contributed by atoms with Gasteiger partial charge in [-0.3, -0.25) is 0 Å². The predicted octanol–water partition coefficient (Wildman–Crippen LogP) is 2.41. The van der Waals surface area contributed by atoms with Crippen LogP contribution in [0.15, 0.2) is 23.1 Å². The molecule has 1 heterocycles. The van der Waals surface area contributed by atoms with Gasteiger partial charge in [-0.05, 0) is 57.5 Å². The van der Waals surface area contributed by atoms with Gasteiger partial charge in [0, 0.05) is 23.7 Å². The molecular formula is C14H21ClN2O2S. The lowest BCUT2D eigenvalue weighted by molar-refractivity contribution is 0.219. The van der Waals surface area contributed by atoms with Crippen LogP contribution in [0.5, 0.6) is 0 Å². The predicted molar refractivity (Wildman–Crippen MR) is 81.6 cm³/mol. The molecule has 4 nitrogen and oxygen atoms in total. The molecule has 0 atom stereocenters. The fourth-order valence-corrected chi connectivity index (χ4v) is 4.39. The van der Waals surface area contributed by atoms with Gasteiger partial charge in [-0.2, -0.15) is 4.31 Å².